The number of hydrogen-bond acceptors (Lipinski definition) is 9. The molecule has 0 radical (unpaired) electrons. The van der Waals surface area contributed by atoms with Gasteiger partial charge in [-0.15, -0.1) is 28.1 Å². The van der Waals surface area contributed by atoms with E-state index < -0.39 is 17.8 Å². The molecular weight excluding hydrogens is 573 g/mol. The van der Waals surface area contributed by atoms with Gasteiger partial charge >= 0.3 is 5.97 Å². The number of hydrogen-bond donors (Lipinski definition) is 2. The first-order chi connectivity index (χ1) is 18.2. The lowest BCUT2D eigenvalue weighted by atomic mass is 10.1. The van der Waals surface area contributed by atoms with Crippen LogP contribution in [0, 0.1) is 6.92 Å². The van der Waals surface area contributed by atoms with E-state index >= 15 is 0 Å². The zero-order valence-corrected chi connectivity index (χ0v) is 23.7. The molecule has 0 spiro atoms. The summed E-state index contributed by atoms with van der Waals surface area (Å²) in [5.74, 6) is -0.528. The fourth-order valence-corrected chi connectivity index (χ4v) is 5.70. The fourth-order valence-electron chi connectivity index (χ4n) is 3.41. The molecule has 202 valence electrons. The van der Waals surface area contributed by atoms with E-state index in [4.69, 9.17) is 38.4 Å². The number of esters is 1. The molecule has 1 aromatic carbocycles. The van der Waals surface area contributed by atoms with Gasteiger partial charge in [0, 0.05) is 18.0 Å². The number of ether oxygens (including phenoxy) is 2. The number of halogens is 2. The third kappa shape index (κ3) is 7.28. The van der Waals surface area contributed by atoms with Crippen molar-refractivity contribution in [1.82, 2.24) is 14.8 Å². The van der Waals surface area contributed by atoms with E-state index in [1.807, 2.05) is 4.57 Å². The lowest BCUT2D eigenvalue weighted by molar-refractivity contribution is -0.113. The fraction of sp³-hybridized carbons (Fsp3) is 0.292. The summed E-state index contributed by atoms with van der Waals surface area (Å²) < 4.78 is 12.4. The first-order valence-electron chi connectivity index (χ1n) is 11.2. The Bertz CT molecular complexity index is 1360. The van der Waals surface area contributed by atoms with Crippen molar-refractivity contribution in [3.63, 3.8) is 0 Å². The molecular formula is C24H25Cl2N5O5S2. The van der Waals surface area contributed by atoms with E-state index in [9.17, 15) is 14.4 Å². The number of thiophene rings is 1. The van der Waals surface area contributed by atoms with Gasteiger partial charge in [-0.05, 0) is 37.1 Å². The van der Waals surface area contributed by atoms with Gasteiger partial charge in [-0.3, -0.25) is 9.59 Å². The molecule has 0 aliphatic heterocycles. The number of anilines is 1. The summed E-state index contributed by atoms with van der Waals surface area (Å²) in [6.07, 6.45) is 2.94. The van der Waals surface area contributed by atoms with Crippen molar-refractivity contribution in [3.05, 3.63) is 62.7 Å². The number of rotatable bonds is 13. The number of carbonyl (C=O) groups excluding carboxylic acids is 3. The highest BCUT2D eigenvalue weighted by Crippen LogP contribution is 2.34. The molecule has 0 aliphatic carbocycles. The number of nitrogens with one attached hydrogen (secondary N) is 1. The Morgan fingerprint density at radius 2 is 2.05 bits per heavy atom. The monoisotopic (exact) mass is 597 g/mol. The summed E-state index contributed by atoms with van der Waals surface area (Å²) in [6, 6.07) is 5.03. The van der Waals surface area contributed by atoms with Crippen molar-refractivity contribution in [1.29, 1.82) is 0 Å². The number of nitrogens with zero attached hydrogens (tertiary/aromatic N) is 3. The standard InChI is InChI=1S/C24H25Cl2N5O5S2/c1-4-9-31-17(6-5-10-36-16-8-7-14(25)11-15(16)26)29-30-24(31)37-12-18(32)28-22-19(23(34)35-3)13(2)20(38-22)21(27)33/h4,7-8,11H,1,5-6,9-10,12H2,2-3H3,(H2,27,33)(H,28,32). The van der Waals surface area contributed by atoms with Gasteiger partial charge in [0.1, 0.15) is 16.6 Å². The molecule has 0 saturated carbocycles. The third-order valence-corrected chi connectivity index (χ3v) is 7.87. The van der Waals surface area contributed by atoms with Crippen molar-refractivity contribution < 1.29 is 23.9 Å². The van der Waals surface area contributed by atoms with Crippen LogP contribution in [0.15, 0.2) is 36.0 Å². The first kappa shape index (κ1) is 29.5. The van der Waals surface area contributed by atoms with Gasteiger partial charge in [-0.2, -0.15) is 0 Å². The minimum Gasteiger partial charge on any atom is -0.492 e. The Balaban J connectivity index is 1.61. The van der Waals surface area contributed by atoms with Crippen LogP contribution in [0.1, 0.15) is 37.8 Å². The molecule has 0 saturated heterocycles. The normalized spacial score (nSPS) is 10.7. The zero-order valence-electron chi connectivity index (χ0n) is 20.6. The molecule has 3 N–H and O–H groups in total. The molecule has 0 atom stereocenters. The van der Waals surface area contributed by atoms with Crippen LogP contribution >= 0.6 is 46.3 Å². The van der Waals surface area contributed by atoms with Gasteiger partial charge in [0.2, 0.25) is 5.91 Å². The van der Waals surface area contributed by atoms with Crippen LogP contribution in [0.5, 0.6) is 5.75 Å². The number of methoxy groups -OCH3 is 1. The number of nitrogens with two attached hydrogens (primary N) is 1. The number of aromatic nitrogens is 3. The Morgan fingerprint density at radius 3 is 2.71 bits per heavy atom. The third-order valence-electron chi connectivity index (χ3n) is 5.15. The minimum atomic E-state index is -0.695. The zero-order chi connectivity index (χ0) is 27.8. The molecule has 2 aromatic heterocycles. The maximum Gasteiger partial charge on any atom is 0.341 e. The van der Waals surface area contributed by atoms with Crippen molar-refractivity contribution >= 4 is 69.1 Å². The number of amides is 2. The predicted octanol–water partition coefficient (Wildman–Crippen LogP) is 4.77. The lowest BCUT2D eigenvalue weighted by Gasteiger charge is -2.10. The number of allylic oxidation sites excluding steroid dienone is 1. The topological polar surface area (TPSA) is 138 Å². The number of thioether (sulfide) groups is 1. The van der Waals surface area contributed by atoms with Crippen molar-refractivity contribution in [3.8, 4) is 5.75 Å². The summed E-state index contributed by atoms with van der Waals surface area (Å²) in [5.41, 5.74) is 5.85. The van der Waals surface area contributed by atoms with Gasteiger partial charge < -0.3 is 25.1 Å². The molecule has 0 bridgehead atoms. The number of benzene rings is 1. The molecule has 0 fully saturated rings. The van der Waals surface area contributed by atoms with E-state index in [0.717, 1.165) is 11.3 Å². The maximum atomic E-state index is 12.7. The number of carbonyl (C=O) groups is 3. The summed E-state index contributed by atoms with van der Waals surface area (Å²) in [4.78, 5) is 36.8. The van der Waals surface area contributed by atoms with Crippen LogP contribution in [-0.4, -0.2) is 52.0 Å². The summed E-state index contributed by atoms with van der Waals surface area (Å²) in [5, 5.41) is 12.8. The molecule has 0 unspecified atom stereocenters. The highest BCUT2D eigenvalue weighted by molar-refractivity contribution is 7.99. The summed E-state index contributed by atoms with van der Waals surface area (Å²) >= 11 is 14.1. The molecule has 38 heavy (non-hydrogen) atoms. The van der Waals surface area contributed by atoms with Crippen LogP contribution < -0.4 is 15.8 Å². The first-order valence-corrected chi connectivity index (χ1v) is 13.8. The van der Waals surface area contributed by atoms with Crippen LogP contribution in [-0.2, 0) is 22.5 Å². The lowest BCUT2D eigenvalue weighted by Crippen LogP contribution is -2.16. The largest absolute Gasteiger partial charge is 0.492 e. The van der Waals surface area contributed by atoms with Crippen molar-refractivity contribution in [2.45, 2.75) is 31.5 Å². The van der Waals surface area contributed by atoms with E-state index in [0.29, 0.717) is 58.3 Å². The van der Waals surface area contributed by atoms with E-state index in [2.05, 4.69) is 22.1 Å². The maximum absolute atomic E-state index is 12.7. The van der Waals surface area contributed by atoms with Gasteiger partial charge in [-0.1, -0.05) is 41.0 Å². The Kier molecular flexibility index (Phi) is 10.6. The second kappa shape index (κ2) is 13.7. The highest BCUT2D eigenvalue weighted by atomic mass is 35.5. The predicted molar refractivity (Wildman–Crippen MR) is 149 cm³/mol. The van der Waals surface area contributed by atoms with Crippen LogP contribution in [0.3, 0.4) is 0 Å². The average molecular weight is 599 g/mol. The van der Waals surface area contributed by atoms with E-state index in [1.165, 1.54) is 18.9 Å². The summed E-state index contributed by atoms with van der Waals surface area (Å²) in [6.45, 7) is 6.22. The molecule has 2 amide bonds. The van der Waals surface area contributed by atoms with Crippen LogP contribution in [0.2, 0.25) is 10.0 Å². The van der Waals surface area contributed by atoms with E-state index in [1.54, 1.807) is 31.2 Å². The van der Waals surface area contributed by atoms with Crippen LogP contribution in [0.4, 0.5) is 5.00 Å². The van der Waals surface area contributed by atoms with Gasteiger partial charge in [0.25, 0.3) is 5.91 Å². The Labute approximate surface area is 237 Å². The summed E-state index contributed by atoms with van der Waals surface area (Å²) in [7, 11) is 1.22. The second-order valence-electron chi connectivity index (χ2n) is 7.78. The molecule has 3 rings (SSSR count). The molecule has 14 heteroatoms. The SMILES string of the molecule is C=CCn1c(CCCOc2ccc(Cl)cc2Cl)nnc1SCC(=O)Nc1sc(C(N)=O)c(C)c1C(=O)OC. The average Bonchev–Trinajstić information content (AvgIpc) is 3.41. The minimum absolute atomic E-state index is 0.0169. The highest BCUT2D eigenvalue weighted by Gasteiger charge is 2.25. The number of primary amides is 1. The number of aryl methyl sites for hydroxylation is 1. The van der Waals surface area contributed by atoms with E-state index in [-0.39, 0.29) is 21.2 Å². The van der Waals surface area contributed by atoms with Gasteiger partial charge in [0.15, 0.2) is 5.16 Å². The smallest absolute Gasteiger partial charge is 0.341 e. The molecule has 10 nitrogen and oxygen atoms in total. The Hall–Kier alpha value is -3.06. The second-order valence-corrected chi connectivity index (χ2v) is 10.6. The van der Waals surface area contributed by atoms with Crippen LogP contribution in [0.25, 0.3) is 0 Å². The molecule has 3 aromatic rings. The van der Waals surface area contributed by atoms with Gasteiger partial charge in [0.05, 0.1) is 34.9 Å². The van der Waals surface area contributed by atoms with Crippen molar-refractivity contribution in [2.75, 3.05) is 24.8 Å². The molecule has 0 aliphatic rings. The van der Waals surface area contributed by atoms with Gasteiger partial charge in [-0.25, -0.2) is 4.79 Å². The quantitative estimate of drug-likeness (QED) is 0.124. The van der Waals surface area contributed by atoms with Crippen molar-refractivity contribution in [2.24, 2.45) is 5.73 Å². The molecule has 2 heterocycles. The Morgan fingerprint density at radius 1 is 1.29 bits per heavy atom.